The minimum Gasteiger partial charge on any atom is -0.445 e. The Labute approximate surface area is 135 Å². The molecule has 23 heavy (non-hydrogen) atoms. The second kappa shape index (κ2) is 6.65. The van der Waals surface area contributed by atoms with E-state index < -0.39 is 6.09 Å². The number of hydrogen-bond acceptors (Lipinski definition) is 3. The van der Waals surface area contributed by atoms with Crippen LogP contribution in [0.15, 0.2) is 48.5 Å². The van der Waals surface area contributed by atoms with Gasteiger partial charge in [0.15, 0.2) is 5.78 Å². The third-order valence-corrected chi connectivity index (χ3v) is 4.11. The van der Waals surface area contributed by atoms with Crippen molar-refractivity contribution in [3.05, 3.63) is 59.7 Å². The molecule has 2 aromatic rings. The van der Waals surface area contributed by atoms with Gasteiger partial charge in [0.1, 0.15) is 6.61 Å². The lowest BCUT2D eigenvalue weighted by Crippen LogP contribution is -2.47. The van der Waals surface area contributed by atoms with Crippen LogP contribution in [0.25, 0.3) is 11.1 Å². The molecular weight excluding hydrogens is 290 g/mol. The summed E-state index contributed by atoms with van der Waals surface area (Å²) in [7, 11) is 0. The van der Waals surface area contributed by atoms with E-state index in [1.165, 1.54) is 11.1 Å². The fourth-order valence-electron chi connectivity index (χ4n) is 2.65. The fourth-order valence-corrected chi connectivity index (χ4v) is 2.65. The summed E-state index contributed by atoms with van der Waals surface area (Å²) in [4.78, 5) is 22.8. The number of carbonyl (C=O) groups excluding carboxylic acids is 2. The van der Waals surface area contributed by atoms with Crippen LogP contribution in [0, 0.1) is 6.92 Å². The van der Waals surface area contributed by atoms with E-state index in [1.807, 2.05) is 43.3 Å². The van der Waals surface area contributed by atoms with E-state index in [1.54, 1.807) is 0 Å². The number of alkyl carbamates (subject to hydrolysis) is 1. The monoisotopic (exact) mass is 309 g/mol. The van der Waals surface area contributed by atoms with Gasteiger partial charge in [-0.3, -0.25) is 4.79 Å². The second-order valence-corrected chi connectivity index (χ2v) is 5.79. The van der Waals surface area contributed by atoms with Crippen molar-refractivity contribution >= 4 is 11.9 Å². The average molecular weight is 309 g/mol. The summed E-state index contributed by atoms with van der Waals surface area (Å²) in [5, 5.41) is 2.58. The van der Waals surface area contributed by atoms with Gasteiger partial charge in [-0.1, -0.05) is 48.5 Å². The van der Waals surface area contributed by atoms with Gasteiger partial charge in [-0.15, -0.1) is 0 Å². The molecule has 1 amide bonds. The lowest BCUT2D eigenvalue weighted by molar-refractivity contribution is -0.126. The Balaban J connectivity index is 1.60. The minimum absolute atomic E-state index is 0.0741. The molecule has 118 valence electrons. The van der Waals surface area contributed by atoms with Crippen molar-refractivity contribution in [1.29, 1.82) is 0 Å². The number of hydrogen-bond donors (Lipinski definition) is 1. The Morgan fingerprint density at radius 3 is 2.61 bits per heavy atom. The second-order valence-electron chi connectivity index (χ2n) is 5.79. The van der Waals surface area contributed by atoms with Crippen molar-refractivity contribution < 1.29 is 14.3 Å². The van der Waals surface area contributed by atoms with Gasteiger partial charge in [0.25, 0.3) is 0 Å². The molecule has 0 bridgehead atoms. The summed E-state index contributed by atoms with van der Waals surface area (Å²) in [6.45, 7) is 2.24. The number of rotatable bonds is 4. The topological polar surface area (TPSA) is 55.4 Å². The molecule has 2 aromatic carbocycles. The molecule has 0 aliphatic heterocycles. The summed E-state index contributed by atoms with van der Waals surface area (Å²) < 4.78 is 5.18. The quantitative estimate of drug-likeness (QED) is 0.938. The molecular formula is C19H19NO3. The highest BCUT2D eigenvalue weighted by Gasteiger charge is 2.29. The molecule has 1 atom stereocenters. The molecule has 0 heterocycles. The zero-order chi connectivity index (χ0) is 16.2. The van der Waals surface area contributed by atoms with Crippen LogP contribution in [0.2, 0.25) is 0 Å². The van der Waals surface area contributed by atoms with E-state index in [2.05, 4.69) is 17.4 Å². The Morgan fingerprint density at radius 1 is 1.22 bits per heavy atom. The van der Waals surface area contributed by atoms with E-state index in [9.17, 15) is 9.59 Å². The number of nitrogens with one attached hydrogen (secondary N) is 1. The van der Waals surface area contributed by atoms with Gasteiger partial charge in [-0.25, -0.2) is 4.79 Å². The van der Waals surface area contributed by atoms with E-state index in [-0.39, 0.29) is 18.4 Å². The highest BCUT2D eigenvalue weighted by molar-refractivity contribution is 5.92. The molecule has 1 aliphatic rings. The van der Waals surface area contributed by atoms with Crippen LogP contribution < -0.4 is 5.32 Å². The van der Waals surface area contributed by atoms with E-state index >= 15 is 0 Å². The van der Waals surface area contributed by atoms with Crippen molar-refractivity contribution in [2.24, 2.45) is 0 Å². The van der Waals surface area contributed by atoms with E-state index in [0.29, 0.717) is 12.8 Å². The summed E-state index contributed by atoms with van der Waals surface area (Å²) in [5.74, 6) is 0.0741. The van der Waals surface area contributed by atoms with Gasteiger partial charge in [0, 0.05) is 6.42 Å². The normalized spacial score (nSPS) is 16.6. The lowest BCUT2D eigenvalue weighted by atomic mass is 9.91. The van der Waals surface area contributed by atoms with E-state index in [0.717, 1.165) is 11.1 Å². The third kappa shape index (κ3) is 3.59. The first-order valence-corrected chi connectivity index (χ1v) is 7.74. The van der Waals surface area contributed by atoms with Crippen LogP contribution in [-0.2, 0) is 16.1 Å². The van der Waals surface area contributed by atoms with Gasteiger partial charge in [0.2, 0.25) is 0 Å². The number of ketones is 1. The maximum Gasteiger partial charge on any atom is 0.408 e. The SMILES string of the molecule is Cc1cc(COC(=O)N[C@H]2CCC2=O)ccc1-c1ccccc1. The van der Waals surface area contributed by atoms with Crippen LogP contribution in [0.3, 0.4) is 0 Å². The molecule has 0 unspecified atom stereocenters. The van der Waals surface area contributed by atoms with E-state index in [4.69, 9.17) is 4.74 Å². The molecule has 1 saturated carbocycles. The Bertz CT molecular complexity index is 725. The van der Waals surface area contributed by atoms with Crippen molar-refractivity contribution in [3.63, 3.8) is 0 Å². The summed E-state index contributed by atoms with van der Waals surface area (Å²) in [6, 6.07) is 15.8. The average Bonchev–Trinajstić information content (AvgIpc) is 2.57. The third-order valence-electron chi connectivity index (χ3n) is 4.11. The summed E-state index contributed by atoms with van der Waals surface area (Å²) in [6.07, 6.45) is 0.719. The number of amides is 1. The maximum atomic E-state index is 11.7. The predicted molar refractivity (Wildman–Crippen MR) is 88.0 cm³/mol. The lowest BCUT2D eigenvalue weighted by Gasteiger charge is -2.24. The standard InChI is InChI=1S/C19H19NO3/c1-13-11-14(7-8-16(13)15-5-3-2-4-6-15)12-23-19(22)20-17-9-10-18(17)21/h2-8,11,17H,9-10,12H2,1H3,(H,20,22)/t17-/m0/s1. The van der Waals surface area contributed by atoms with Crippen molar-refractivity contribution in [2.75, 3.05) is 0 Å². The fraction of sp³-hybridized carbons (Fsp3) is 0.263. The number of benzene rings is 2. The highest BCUT2D eigenvalue weighted by atomic mass is 16.5. The Morgan fingerprint density at radius 2 is 2.00 bits per heavy atom. The zero-order valence-corrected chi connectivity index (χ0v) is 13.0. The van der Waals surface area contributed by atoms with Gasteiger partial charge in [0.05, 0.1) is 6.04 Å². The first-order chi connectivity index (χ1) is 11.1. The number of carbonyl (C=O) groups is 2. The van der Waals surface area contributed by atoms with Crippen molar-refractivity contribution in [3.8, 4) is 11.1 Å². The first-order valence-electron chi connectivity index (χ1n) is 7.74. The van der Waals surface area contributed by atoms with Crippen LogP contribution in [0.4, 0.5) is 4.79 Å². The molecule has 4 heteroatoms. The molecule has 1 fully saturated rings. The van der Waals surface area contributed by atoms with Crippen LogP contribution in [-0.4, -0.2) is 17.9 Å². The molecule has 1 N–H and O–H groups in total. The first kappa shape index (κ1) is 15.3. The van der Waals surface area contributed by atoms with Gasteiger partial charge < -0.3 is 10.1 Å². The number of Topliss-reactive ketones (excluding diaryl/α,β-unsaturated/α-hetero) is 1. The van der Waals surface area contributed by atoms with Crippen molar-refractivity contribution in [1.82, 2.24) is 5.32 Å². The molecule has 3 rings (SSSR count). The number of aryl methyl sites for hydroxylation is 1. The minimum atomic E-state index is -0.534. The molecule has 0 saturated heterocycles. The largest absolute Gasteiger partial charge is 0.445 e. The van der Waals surface area contributed by atoms with Gasteiger partial charge in [-0.05, 0) is 35.6 Å². The van der Waals surface area contributed by atoms with Crippen LogP contribution in [0.5, 0.6) is 0 Å². The molecule has 0 radical (unpaired) electrons. The molecule has 0 aromatic heterocycles. The van der Waals surface area contributed by atoms with Crippen LogP contribution in [0.1, 0.15) is 24.0 Å². The predicted octanol–water partition coefficient (Wildman–Crippen LogP) is 3.62. The number of ether oxygens (including phenoxy) is 1. The Hall–Kier alpha value is -2.62. The zero-order valence-electron chi connectivity index (χ0n) is 13.0. The van der Waals surface area contributed by atoms with Gasteiger partial charge >= 0.3 is 6.09 Å². The maximum absolute atomic E-state index is 11.7. The molecule has 0 spiro atoms. The smallest absolute Gasteiger partial charge is 0.408 e. The Kier molecular flexibility index (Phi) is 4.42. The van der Waals surface area contributed by atoms with Crippen molar-refractivity contribution in [2.45, 2.75) is 32.4 Å². The van der Waals surface area contributed by atoms with Gasteiger partial charge in [-0.2, -0.15) is 0 Å². The highest BCUT2D eigenvalue weighted by Crippen LogP contribution is 2.24. The molecule has 1 aliphatic carbocycles. The summed E-state index contributed by atoms with van der Waals surface area (Å²) >= 11 is 0. The summed E-state index contributed by atoms with van der Waals surface area (Å²) in [5.41, 5.74) is 4.39. The molecule has 4 nitrogen and oxygen atoms in total. The van der Waals surface area contributed by atoms with Crippen LogP contribution >= 0.6 is 0 Å².